The van der Waals surface area contributed by atoms with Crippen LogP contribution < -0.4 is 35.0 Å². The Balaban J connectivity index is 1.43. The number of rotatable bonds is 16. The van der Waals surface area contributed by atoms with E-state index in [1.807, 2.05) is 19.1 Å². The Bertz CT molecular complexity index is 1750. The topological polar surface area (TPSA) is 149 Å². The summed E-state index contributed by atoms with van der Waals surface area (Å²) in [5, 5.41) is 21.0. The number of carbonyl (C=O) groups is 2. The number of nitrogens with zero attached hydrogens (tertiary/aromatic N) is 1. The molecule has 1 heterocycles. The van der Waals surface area contributed by atoms with E-state index >= 15 is 0 Å². The molecule has 14 heteroatoms. The summed E-state index contributed by atoms with van der Waals surface area (Å²) in [6.45, 7) is 7.66. The second kappa shape index (κ2) is 17.5. The highest BCUT2D eigenvalue weighted by Gasteiger charge is 2.32. The maximum atomic E-state index is 12.5. The van der Waals surface area contributed by atoms with Crippen LogP contribution in [0.5, 0.6) is 23.0 Å². The van der Waals surface area contributed by atoms with Gasteiger partial charge in [-0.3, -0.25) is 5.43 Å². The summed E-state index contributed by atoms with van der Waals surface area (Å²) in [5.41, 5.74) is 6.20. The molecule has 3 aromatic carbocycles. The van der Waals surface area contributed by atoms with E-state index in [0.29, 0.717) is 62.9 Å². The lowest BCUT2D eigenvalue weighted by Crippen LogP contribution is -2.45. The van der Waals surface area contributed by atoms with Crippen molar-refractivity contribution in [1.82, 2.24) is 16.1 Å². The van der Waals surface area contributed by atoms with Crippen LogP contribution in [0.25, 0.3) is 0 Å². The molecule has 0 spiro atoms. The first-order valence-corrected chi connectivity index (χ1v) is 15.9. The van der Waals surface area contributed by atoms with Gasteiger partial charge in [-0.15, -0.1) is 6.58 Å². The number of ether oxygens (including phenoxy) is 5. The number of methoxy groups -OCH3 is 2. The highest BCUT2D eigenvalue weighted by Crippen LogP contribution is 2.36. The number of amides is 2. The fourth-order valence-electron chi connectivity index (χ4n) is 4.99. The van der Waals surface area contributed by atoms with Crippen molar-refractivity contribution >= 4 is 41.4 Å². The van der Waals surface area contributed by atoms with E-state index in [-0.39, 0.29) is 18.8 Å². The molecule has 0 saturated carbocycles. The molecule has 0 aliphatic carbocycles. The molecule has 2 amide bonds. The van der Waals surface area contributed by atoms with Gasteiger partial charge in [0, 0.05) is 11.3 Å². The molecule has 0 unspecified atom stereocenters. The lowest BCUT2D eigenvalue weighted by atomic mass is 9.95. The summed E-state index contributed by atoms with van der Waals surface area (Å²) in [6.07, 6.45) is 2.60. The smallest absolute Gasteiger partial charge is 0.337 e. The largest absolute Gasteiger partial charge is 0.493 e. The molecule has 260 valence electrons. The summed E-state index contributed by atoms with van der Waals surface area (Å²) >= 11 is 12.2. The van der Waals surface area contributed by atoms with Crippen molar-refractivity contribution in [3.8, 4) is 23.0 Å². The third kappa shape index (κ3) is 9.59. The zero-order valence-corrected chi connectivity index (χ0v) is 29.0. The minimum Gasteiger partial charge on any atom is -0.493 e. The van der Waals surface area contributed by atoms with Crippen LogP contribution in [-0.2, 0) is 22.6 Å². The molecular formula is C35H38Cl2N4O8. The number of carbonyl (C=O) groups excluding carboxylic acids is 2. The van der Waals surface area contributed by atoms with Crippen LogP contribution in [0, 0.1) is 0 Å². The Labute approximate surface area is 294 Å². The zero-order chi connectivity index (χ0) is 35.5. The van der Waals surface area contributed by atoms with Gasteiger partial charge in [-0.1, -0.05) is 41.4 Å². The number of hydrogen-bond acceptors (Lipinski definition) is 10. The number of benzene rings is 3. The Hall–Kier alpha value is -4.91. The first kappa shape index (κ1) is 36.9. The fourth-order valence-corrected chi connectivity index (χ4v) is 5.31. The average Bonchev–Trinajstić information content (AvgIpc) is 3.08. The van der Waals surface area contributed by atoms with E-state index in [2.05, 4.69) is 27.7 Å². The van der Waals surface area contributed by atoms with Crippen LogP contribution in [0.2, 0.25) is 10.0 Å². The first-order valence-electron chi connectivity index (χ1n) is 15.2. The van der Waals surface area contributed by atoms with E-state index in [9.17, 15) is 14.7 Å². The Kier molecular flexibility index (Phi) is 13.2. The van der Waals surface area contributed by atoms with Crippen molar-refractivity contribution in [2.45, 2.75) is 39.1 Å². The van der Waals surface area contributed by atoms with E-state index < -0.39 is 24.3 Å². The second-order valence-electron chi connectivity index (χ2n) is 10.7. The molecule has 2 atom stereocenters. The number of halogens is 2. The predicted molar refractivity (Wildman–Crippen MR) is 187 cm³/mol. The van der Waals surface area contributed by atoms with Gasteiger partial charge in [-0.2, -0.15) is 5.10 Å². The van der Waals surface area contributed by atoms with Crippen molar-refractivity contribution in [3.63, 3.8) is 0 Å². The normalized spacial score (nSPS) is 14.8. The summed E-state index contributed by atoms with van der Waals surface area (Å²) in [6, 6.07) is 12.7. The van der Waals surface area contributed by atoms with Gasteiger partial charge in [0.05, 0.1) is 48.7 Å². The van der Waals surface area contributed by atoms with Crippen LogP contribution in [0.1, 0.15) is 42.1 Å². The van der Waals surface area contributed by atoms with Crippen molar-refractivity contribution < 1.29 is 38.4 Å². The molecule has 0 fully saturated rings. The van der Waals surface area contributed by atoms with Gasteiger partial charge in [0.2, 0.25) is 0 Å². The Morgan fingerprint density at radius 3 is 2.55 bits per heavy atom. The van der Waals surface area contributed by atoms with Crippen molar-refractivity contribution in [3.05, 3.63) is 105 Å². The molecule has 4 N–H and O–H groups in total. The minimum atomic E-state index is -1.19. The maximum absolute atomic E-state index is 12.5. The summed E-state index contributed by atoms with van der Waals surface area (Å²) < 4.78 is 28.3. The molecule has 1 aliphatic rings. The lowest BCUT2D eigenvalue weighted by Gasteiger charge is -2.28. The van der Waals surface area contributed by atoms with Gasteiger partial charge >= 0.3 is 12.0 Å². The molecule has 4 rings (SSSR count). The second-order valence-corrected chi connectivity index (χ2v) is 11.5. The van der Waals surface area contributed by atoms with Gasteiger partial charge in [-0.05, 0) is 73.4 Å². The molecule has 1 aliphatic heterocycles. The third-order valence-electron chi connectivity index (χ3n) is 7.21. The third-order valence-corrected chi connectivity index (χ3v) is 7.95. The number of aliphatic hydroxyl groups excluding tert-OH is 1. The summed E-state index contributed by atoms with van der Waals surface area (Å²) in [4.78, 5) is 24.7. The number of nitrogens with one attached hydrogen (secondary N) is 3. The molecule has 0 saturated heterocycles. The highest BCUT2D eigenvalue weighted by atomic mass is 35.5. The number of aliphatic hydroxyl groups is 1. The average molecular weight is 714 g/mol. The van der Waals surface area contributed by atoms with Gasteiger partial charge in [0.25, 0.3) is 0 Å². The molecule has 0 aromatic heterocycles. The fraction of sp³-hybridized carbons (Fsp3) is 0.286. The number of urea groups is 1. The molecule has 49 heavy (non-hydrogen) atoms. The molecule has 0 radical (unpaired) electrons. The van der Waals surface area contributed by atoms with Gasteiger partial charge < -0.3 is 39.4 Å². The van der Waals surface area contributed by atoms with Crippen molar-refractivity contribution in [2.24, 2.45) is 5.10 Å². The number of allylic oxidation sites excluding steroid dienone is 2. The molecule has 12 nitrogen and oxygen atoms in total. The minimum absolute atomic E-state index is 0.181. The zero-order valence-electron chi connectivity index (χ0n) is 27.5. The van der Waals surface area contributed by atoms with E-state index in [1.165, 1.54) is 13.3 Å². The van der Waals surface area contributed by atoms with Gasteiger partial charge in [0.1, 0.15) is 13.2 Å². The Morgan fingerprint density at radius 2 is 1.86 bits per heavy atom. The van der Waals surface area contributed by atoms with Gasteiger partial charge in [-0.25, -0.2) is 9.59 Å². The SMILES string of the molecule is C=CCc1cc(/C=N\N[C@H](O)COc2ccc([C@@H]3NC(=O)NC(C)=C3C(=O)OC)cc2OCC)cc(OC)c1OCc1ccc(Cl)c(Cl)c1. The molecule has 0 bridgehead atoms. The quantitative estimate of drug-likeness (QED) is 0.0473. The van der Waals surface area contributed by atoms with Crippen LogP contribution in [0.15, 0.2) is 77.6 Å². The monoisotopic (exact) mass is 712 g/mol. The van der Waals surface area contributed by atoms with E-state index in [1.54, 1.807) is 56.5 Å². The summed E-state index contributed by atoms with van der Waals surface area (Å²) in [7, 11) is 2.81. The maximum Gasteiger partial charge on any atom is 0.337 e. The summed E-state index contributed by atoms with van der Waals surface area (Å²) in [5.74, 6) is 1.16. The molecule has 3 aromatic rings. The van der Waals surface area contributed by atoms with Crippen LogP contribution in [0.3, 0.4) is 0 Å². The number of esters is 1. The molecular weight excluding hydrogens is 675 g/mol. The van der Waals surface area contributed by atoms with Crippen LogP contribution in [-0.4, -0.2) is 57.0 Å². The number of hydrogen-bond donors (Lipinski definition) is 4. The van der Waals surface area contributed by atoms with Gasteiger partial charge in [0.15, 0.2) is 29.2 Å². The highest BCUT2D eigenvalue weighted by molar-refractivity contribution is 6.42. The van der Waals surface area contributed by atoms with Crippen molar-refractivity contribution in [2.75, 3.05) is 27.4 Å². The van der Waals surface area contributed by atoms with E-state index in [4.69, 9.17) is 46.9 Å². The van der Waals surface area contributed by atoms with Crippen molar-refractivity contribution in [1.29, 1.82) is 0 Å². The van der Waals surface area contributed by atoms with E-state index in [0.717, 1.165) is 11.1 Å². The lowest BCUT2D eigenvalue weighted by molar-refractivity contribution is -0.136. The number of hydrazone groups is 1. The first-order chi connectivity index (χ1) is 23.6. The van der Waals surface area contributed by atoms with Crippen LogP contribution >= 0.6 is 23.2 Å². The Morgan fingerprint density at radius 1 is 1.06 bits per heavy atom. The van der Waals surface area contributed by atoms with Crippen LogP contribution in [0.4, 0.5) is 4.79 Å². The standard InChI is InChI=1S/C35H38Cl2N4O8/c1-6-8-24-13-22(15-29(45-4)33(24)49-18-21-9-11-25(36)26(37)14-21)17-38-41-30(42)19-48-27-12-10-23(16-28(27)47-7-2)32-31(34(43)46-5)20(3)39-35(44)40-32/h6,9-17,30,32,41-42H,1,7-8,18-19H2,2-5H3,(H2,39,40,44)/b38-17-/t30-,32+/m1/s1. The predicted octanol–water partition coefficient (Wildman–Crippen LogP) is 5.83.